The lowest BCUT2D eigenvalue weighted by Gasteiger charge is -2.04. The van der Waals surface area contributed by atoms with Gasteiger partial charge < -0.3 is 5.32 Å². The van der Waals surface area contributed by atoms with Crippen LogP contribution in [0.1, 0.15) is 5.56 Å². The number of aromatic amines is 1. The molecule has 0 spiro atoms. The molecule has 5 rings (SSSR count). The third-order valence-corrected chi connectivity index (χ3v) is 4.85. The van der Waals surface area contributed by atoms with Gasteiger partial charge in [-0.25, -0.2) is 9.98 Å². The summed E-state index contributed by atoms with van der Waals surface area (Å²) in [6, 6.07) is 11.6. The van der Waals surface area contributed by atoms with Crippen molar-refractivity contribution in [3.63, 3.8) is 0 Å². The molecular weight excluding hydrogens is 348 g/mol. The van der Waals surface area contributed by atoms with E-state index in [2.05, 4.69) is 30.8 Å². The van der Waals surface area contributed by atoms with E-state index in [1.807, 2.05) is 36.4 Å². The summed E-state index contributed by atoms with van der Waals surface area (Å²) in [4.78, 5) is 20.8. The summed E-state index contributed by atoms with van der Waals surface area (Å²) in [7, 11) is 0. The van der Waals surface area contributed by atoms with E-state index in [4.69, 9.17) is 0 Å². The minimum absolute atomic E-state index is 0.240. The minimum atomic E-state index is -0.240. The Kier molecular flexibility index (Phi) is 3.29. The first-order valence-corrected chi connectivity index (χ1v) is 8.78. The number of benzene rings is 2. The van der Waals surface area contributed by atoms with E-state index < -0.39 is 0 Å². The lowest BCUT2D eigenvalue weighted by molar-refractivity contribution is -0.115. The number of nitrogens with zero attached hydrogens (tertiary/aromatic N) is 3. The Balaban J connectivity index is 1.42. The van der Waals surface area contributed by atoms with E-state index in [1.165, 1.54) is 0 Å². The van der Waals surface area contributed by atoms with E-state index in [9.17, 15) is 4.79 Å². The van der Waals surface area contributed by atoms with Crippen LogP contribution in [0.3, 0.4) is 0 Å². The number of anilines is 1. The monoisotopic (exact) mass is 360 g/mol. The number of hydrogen-bond donors (Lipinski definition) is 3. The van der Waals surface area contributed by atoms with Gasteiger partial charge >= 0.3 is 0 Å². The van der Waals surface area contributed by atoms with Gasteiger partial charge in [-0.15, -0.1) is 11.3 Å². The number of carbonyl (C=O) groups excluding carboxylic acids is 1. The zero-order valence-corrected chi connectivity index (χ0v) is 14.2. The number of aromatic nitrogens is 3. The average molecular weight is 360 g/mol. The molecule has 0 radical (unpaired) electrons. The van der Waals surface area contributed by atoms with Crippen LogP contribution in [-0.4, -0.2) is 27.0 Å². The largest absolute Gasteiger partial charge is 0.326 e. The number of fused-ring (bicyclic) bond motifs is 2. The summed E-state index contributed by atoms with van der Waals surface area (Å²) < 4.78 is 1.07. The zero-order valence-electron chi connectivity index (χ0n) is 13.4. The van der Waals surface area contributed by atoms with Crippen molar-refractivity contribution in [1.82, 2.24) is 20.5 Å². The lowest BCUT2D eigenvalue weighted by Crippen LogP contribution is -2.29. The Hall–Kier alpha value is -3.52. The number of guanidine groups is 1. The first-order valence-electron chi connectivity index (χ1n) is 7.90. The van der Waals surface area contributed by atoms with E-state index in [-0.39, 0.29) is 5.91 Å². The predicted molar refractivity (Wildman–Crippen MR) is 103 cm³/mol. The lowest BCUT2D eigenvalue weighted by atomic mass is 10.1. The second-order valence-corrected chi connectivity index (χ2v) is 6.71. The number of H-pyrrole nitrogens is 1. The molecule has 2 aromatic heterocycles. The molecule has 0 atom stereocenters. The number of hydrogen-bond acceptors (Lipinski definition) is 6. The molecule has 0 saturated heterocycles. The molecule has 7 nitrogen and oxygen atoms in total. The van der Waals surface area contributed by atoms with Gasteiger partial charge in [0.2, 0.25) is 5.96 Å². The topological polar surface area (TPSA) is 95.1 Å². The molecule has 3 N–H and O–H groups in total. The number of amides is 1. The summed E-state index contributed by atoms with van der Waals surface area (Å²) in [6.07, 6.45) is 3.51. The maximum Gasteiger partial charge on any atom is 0.276 e. The van der Waals surface area contributed by atoms with Gasteiger partial charge in [0.05, 0.1) is 27.4 Å². The molecule has 1 aliphatic heterocycles. The molecule has 3 heterocycles. The molecule has 0 fully saturated rings. The van der Waals surface area contributed by atoms with Crippen molar-refractivity contribution < 1.29 is 4.79 Å². The fraction of sp³-hybridized carbons (Fsp3) is 0. The van der Waals surface area contributed by atoms with Crippen LogP contribution in [-0.2, 0) is 4.79 Å². The van der Waals surface area contributed by atoms with E-state index in [0.29, 0.717) is 11.7 Å². The van der Waals surface area contributed by atoms with Gasteiger partial charge in [0.1, 0.15) is 5.70 Å². The van der Waals surface area contributed by atoms with Crippen molar-refractivity contribution in [2.24, 2.45) is 4.99 Å². The van der Waals surface area contributed by atoms with E-state index >= 15 is 0 Å². The highest BCUT2D eigenvalue weighted by Crippen LogP contribution is 2.22. The van der Waals surface area contributed by atoms with Crippen molar-refractivity contribution in [3.05, 3.63) is 59.4 Å². The Morgan fingerprint density at radius 2 is 2.12 bits per heavy atom. The van der Waals surface area contributed by atoms with E-state index in [0.717, 1.165) is 32.4 Å². The molecule has 26 heavy (non-hydrogen) atoms. The van der Waals surface area contributed by atoms with Gasteiger partial charge in [0.25, 0.3) is 5.91 Å². The molecule has 0 unspecified atom stereocenters. The SMILES string of the molecule is O=C1NC(Nc2ccc3ncsc3c2)=NC1=Cc1ccc2cn[nH]c2c1. The molecule has 1 aliphatic rings. The second-order valence-electron chi connectivity index (χ2n) is 5.82. The predicted octanol–water partition coefficient (Wildman–Crippen LogP) is 3.11. The molecule has 1 amide bonds. The molecule has 4 aromatic rings. The number of aliphatic imine (C=N–C) groups is 1. The Morgan fingerprint density at radius 1 is 1.15 bits per heavy atom. The third kappa shape index (κ3) is 2.62. The van der Waals surface area contributed by atoms with Crippen molar-refractivity contribution in [3.8, 4) is 0 Å². The van der Waals surface area contributed by atoms with Crippen molar-refractivity contribution in [2.45, 2.75) is 0 Å². The van der Waals surface area contributed by atoms with E-state index in [1.54, 1.807) is 29.1 Å². The normalized spacial score (nSPS) is 15.6. The molecule has 0 saturated carbocycles. The zero-order chi connectivity index (χ0) is 17.5. The van der Waals surface area contributed by atoms with Crippen LogP contribution >= 0.6 is 11.3 Å². The summed E-state index contributed by atoms with van der Waals surface area (Å²) in [5.41, 5.74) is 5.75. The second kappa shape index (κ2) is 5.78. The number of carbonyl (C=O) groups is 1. The highest BCUT2D eigenvalue weighted by Gasteiger charge is 2.20. The maximum absolute atomic E-state index is 12.2. The fourth-order valence-corrected chi connectivity index (χ4v) is 3.52. The van der Waals surface area contributed by atoms with Crippen LogP contribution in [0.25, 0.3) is 27.2 Å². The average Bonchev–Trinajstić information content (AvgIpc) is 3.35. The van der Waals surface area contributed by atoms with Gasteiger partial charge in [0, 0.05) is 11.1 Å². The van der Waals surface area contributed by atoms with Crippen molar-refractivity contribution in [2.75, 3.05) is 5.32 Å². The number of nitrogens with one attached hydrogen (secondary N) is 3. The summed E-state index contributed by atoms with van der Waals surface area (Å²) >= 11 is 1.57. The molecule has 0 aliphatic carbocycles. The summed E-state index contributed by atoms with van der Waals surface area (Å²) in [5, 5.41) is 13.8. The summed E-state index contributed by atoms with van der Waals surface area (Å²) in [5.74, 6) is 0.170. The Morgan fingerprint density at radius 3 is 3.08 bits per heavy atom. The van der Waals surface area contributed by atoms with Gasteiger partial charge in [-0.05, 0) is 35.9 Å². The van der Waals surface area contributed by atoms with Crippen LogP contribution in [0.5, 0.6) is 0 Å². The molecule has 0 bridgehead atoms. The Labute approximate surface area is 151 Å². The van der Waals surface area contributed by atoms with Crippen LogP contribution in [0.2, 0.25) is 0 Å². The first kappa shape index (κ1) is 14.8. The molecular formula is C18H12N6OS. The van der Waals surface area contributed by atoms with Crippen LogP contribution in [0, 0.1) is 0 Å². The van der Waals surface area contributed by atoms with Crippen molar-refractivity contribution in [1.29, 1.82) is 0 Å². The third-order valence-electron chi connectivity index (χ3n) is 4.06. The van der Waals surface area contributed by atoms with Gasteiger partial charge in [-0.3, -0.25) is 15.2 Å². The van der Waals surface area contributed by atoms with Crippen LogP contribution in [0.15, 0.2) is 58.8 Å². The molecule has 8 heteroatoms. The smallest absolute Gasteiger partial charge is 0.276 e. The maximum atomic E-state index is 12.2. The number of rotatable bonds is 2. The van der Waals surface area contributed by atoms with Crippen molar-refractivity contribution >= 4 is 56.1 Å². The number of thiazole rings is 1. The quantitative estimate of drug-likeness (QED) is 0.479. The summed E-state index contributed by atoms with van der Waals surface area (Å²) in [6.45, 7) is 0. The highest BCUT2D eigenvalue weighted by atomic mass is 32.1. The highest BCUT2D eigenvalue weighted by molar-refractivity contribution is 7.16. The van der Waals surface area contributed by atoms with Gasteiger partial charge in [-0.2, -0.15) is 5.10 Å². The minimum Gasteiger partial charge on any atom is -0.326 e. The van der Waals surface area contributed by atoms with Crippen LogP contribution in [0.4, 0.5) is 5.69 Å². The van der Waals surface area contributed by atoms with Gasteiger partial charge in [-0.1, -0.05) is 12.1 Å². The van der Waals surface area contributed by atoms with Gasteiger partial charge in [0.15, 0.2) is 0 Å². The molecule has 126 valence electrons. The first-order chi connectivity index (χ1) is 12.7. The standard InChI is InChI=1S/C18H12N6OS/c25-17-15(6-10-1-2-11-8-20-24-14(11)5-10)22-18(23-17)21-12-3-4-13-16(7-12)26-9-19-13/h1-9H,(H,20,24)(H2,21,22,23,25). The Bertz CT molecular complexity index is 1220. The van der Waals surface area contributed by atoms with Crippen LogP contribution < -0.4 is 10.6 Å². The fourth-order valence-electron chi connectivity index (χ4n) is 2.80. The molecule has 2 aromatic carbocycles.